The van der Waals surface area contributed by atoms with Gasteiger partial charge in [0.25, 0.3) is 5.91 Å². The number of amides is 1. The summed E-state index contributed by atoms with van der Waals surface area (Å²) in [6.07, 6.45) is -4.82. The predicted molar refractivity (Wildman–Crippen MR) is 75.8 cm³/mol. The highest BCUT2D eigenvalue weighted by Gasteiger charge is 2.31. The monoisotopic (exact) mass is 342 g/mol. The van der Waals surface area contributed by atoms with Crippen LogP contribution in [0.25, 0.3) is 0 Å². The van der Waals surface area contributed by atoms with E-state index in [1.54, 1.807) is 0 Å². The summed E-state index contributed by atoms with van der Waals surface area (Å²) in [6, 6.07) is 7.40. The van der Waals surface area contributed by atoms with Crippen molar-refractivity contribution in [3.05, 3.63) is 58.1 Å². The second-order valence-corrected chi connectivity index (χ2v) is 4.49. The lowest BCUT2D eigenvalue weighted by Gasteiger charge is -2.10. The SMILES string of the molecule is O=C(Nc1ccc(OC(F)(F)F)cc1)c1ccc([N+](=O)[O-])c(O)c1. The summed E-state index contributed by atoms with van der Waals surface area (Å²) in [6.45, 7) is 0. The molecule has 0 aliphatic heterocycles. The molecule has 0 radical (unpaired) electrons. The van der Waals surface area contributed by atoms with Crippen molar-refractivity contribution in [2.75, 3.05) is 5.32 Å². The predicted octanol–water partition coefficient (Wildman–Crippen LogP) is 3.45. The summed E-state index contributed by atoms with van der Waals surface area (Å²) in [7, 11) is 0. The number of nitro benzene ring substituents is 1. The number of phenols is 1. The van der Waals surface area contributed by atoms with E-state index in [2.05, 4.69) is 10.1 Å². The topological polar surface area (TPSA) is 102 Å². The molecule has 0 fully saturated rings. The zero-order valence-electron chi connectivity index (χ0n) is 11.7. The number of nitro groups is 1. The summed E-state index contributed by atoms with van der Waals surface area (Å²) < 4.78 is 39.8. The van der Waals surface area contributed by atoms with Gasteiger partial charge in [0.15, 0.2) is 5.75 Å². The Morgan fingerprint density at radius 2 is 1.79 bits per heavy atom. The number of carbonyl (C=O) groups is 1. The standard InChI is InChI=1S/C14H9F3N2O5/c15-14(16,17)24-10-4-2-9(3-5-10)18-13(21)8-1-6-11(19(22)23)12(20)7-8/h1-7,20H,(H,18,21). The number of alkyl halides is 3. The van der Waals surface area contributed by atoms with Gasteiger partial charge in [-0.3, -0.25) is 14.9 Å². The molecule has 0 heterocycles. The number of nitrogens with zero attached hydrogens (tertiary/aromatic N) is 1. The summed E-state index contributed by atoms with van der Waals surface area (Å²) in [5.41, 5.74) is -0.443. The summed E-state index contributed by atoms with van der Waals surface area (Å²) >= 11 is 0. The molecule has 0 atom stereocenters. The van der Waals surface area contributed by atoms with Gasteiger partial charge in [0.2, 0.25) is 0 Å². The molecule has 2 aromatic rings. The molecule has 0 aliphatic carbocycles. The van der Waals surface area contributed by atoms with Crippen LogP contribution in [-0.2, 0) is 0 Å². The van der Waals surface area contributed by atoms with E-state index in [0.29, 0.717) is 0 Å². The van der Waals surface area contributed by atoms with Gasteiger partial charge in [-0.25, -0.2) is 0 Å². The third-order valence-electron chi connectivity index (χ3n) is 2.78. The van der Waals surface area contributed by atoms with Crippen molar-refractivity contribution >= 4 is 17.3 Å². The van der Waals surface area contributed by atoms with Crippen LogP contribution in [0.1, 0.15) is 10.4 Å². The van der Waals surface area contributed by atoms with Gasteiger partial charge in [0.1, 0.15) is 5.75 Å². The number of ether oxygens (including phenoxy) is 1. The van der Waals surface area contributed by atoms with E-state index >= 15 is 0 Å². The molecular formula is C14H9F3N2O5. The molecule has 0 spiro atoms. The number of carbonyl (C=O) groups excluding carboxylic acids is 1. The molecule has 0 saturated heterocycles. The Kier molecular flexibility index (Phi) is 4.58. The molecule has 7 nitrogen and oxygen atoms in total. The maximum absolute atomic E-state index is 12.0. The third-order valence-corrected chi connectivity index (χ3v) is 2.78. The zero-order chi connectivity index (χ0) is 17.9. The van der Waals surface area contributed by atoms with Crippen LogP contribution in [0, 0.1) is 10.1 Å². The van der Waals surface area contributed by atoms with Gasteiger partial charge in [-0.2, -0.15) is 0 Å². The van der Waals surface area contributed by atoms with E-state index in [1.165, 1.54) is 12.1 Å². The van der Waals surface area contributed by atoms with E-state index in [1.807, 2.05) is 0 Å². The van der Waals surface area contributed by atoms with Crippen LogP contribution >= 0.6 is 0 Å². The summed E-state index contributed by atoms with van der Waals surface area (Å²) in [5, 5.41) is 22.4. The van der Waals surface area contributed by atoms with Crippen molar-refractivity contribution in [3.8, 4) is 11.5 Å². The number of hydrogen-bond donors (Lipinski definition) is 2. The second-order valence-electron chi connectivity index (χ2n) is 4.49. The van der Waals surface area contributed by atoms with E-state index in [-0.39, 0.29) is 11.3 Å². The van der Waals surface area contributed by atoms with E-state index in [0.717, 1.165) is 30.3 Å². The number of aromatic hydroxyl groups is 1. The number of nitrogens with one attached hydrogen (secondary N) is 1. The number of rotatable bonds is 4. The quantitative estimate of drug-likeness (QED) is 0.654. The van der Waals surface area contributed by atoms with Crippen molar-refractivity contribution in [1.82, 2.24) is 0 Å². The van der Waals surface area contributed by atoms with Gasteiger partial charge in [0.05, 0.1) is 4.92 Å². The fourth-order valence-electron chi connectivity index (χ4n) is 1.76. The molecule has 0 aliphatic rings. The van der Waals surface area contributed by atoms with E-state index < -0.39 is 34.4 Å². The third kappa shape index (κ3) is 4.35. The minimum Gasteiger partial charge on any atom is -0.502 e. The van der Waals surface area contributed by atoms with Gasteiger partial charge in [-0.05, 0) is 36.4 Å². The van der Waals surface area contributed by atoms with Gasteiger partial charge >= 0.3 is 12.0 Å². The maximum Gasteiger partial charge on any atom is 0.573 e. The zero-order valence-corrected chi connectivity index (χ0v) is 11.7. The van der Waals surface area contributed by atoms with Gasteiger partial charge in [0, 0.05) is 17.3 Å². The lowest BCUT2D eigenvalue weighted by atomic mass is 10.1. The molecule has 126 valence electrons. The van der Waals surface area contributed by atoms with Crippen LogP contribution < -0.4 is 10.1 Å². The number of benzene rings is 2. The van der Waals surface area contributed by atoms with Crippen LogP contribution in [-0.4, -0.2) is 22.3 Å². The molecule has 2 N–H and O–H groups in total. The molecular weight excluding hydrogens is 333 g/mol. The fraction of sp³-hybridized carbons (Fsp3) is 0.0714. The Bertz CT molecular complexity index is 775. The molecule has 24 heavy (non-hydrogen) atoms. The molecule has 0 bridgehead atoms. The number of hydrogen-bond acceptors (Lipinski definition) is 5. The van der Waals surface area contributed by atoms with Crippen molar-refractivity contribution in [2.24, 2.45) is 0 Å². The van der Waals surface area contributed by atoms with Crippen LogP contribution in [0.15, 0.2) is 42.5 Å². The molecule has 0 aromatic heterocycles. The summed E-state index contributed by atoms with van der Waals surface area (Å²) in [4.78, 5) is 21.7. The first-order chi connectivity index (χ1) is 11.2. The Labute approximate surface area is 132 Å². The average molecular weight is 342 g/mol. The highest BCUT2D eigenvalue weighted by atomic mass is 19.4. The van der Waals surface area contributed by atoms with Crippen molar-refractivity contribution in [1.29, 1.82) is 0 Å². The minimum absolute atomic E-state index is 0.0614. The minimum atomic E-state index is -4.82. The lowest BCUT2D eigenvalue weighted by Crippen LogP contribution is -2.17. The summed E-state index contributed by atoms with van der Waals surface area (Å²) in [5.74, 6) is -1.83. The highest BCUT2D eigenvalue weighted by molar-refractivity contribution is 6.04. The molecule has 2 aromatic carbocycles. The van der Waals surface area contributed by atoms with E-state index in [9.17, 15) is 33.2 Å². The number of halogens is 3. The van der Waals surface area contributed by atoms with Crippen LogP contribution in [0.4, 0.5) is 24.5 Å². The number of phenolic OH excluding ortho intramolecular Hbond substituents is 1. The normalized spacial score (nSPS) is 11.0. The molecule has 1 amide bonds. The Balaban J connectivity index is 2.09. The smallest absolute Gasteiger partial charge is 0.502 e. The molecule has 2 rings (SSSR count). The highest BCUT2D eigenvalue weighted by Crippen LogP contribution is 2.27. The molecule has 0 unspecified atom stereocenters. The second kappa shape index (κ2) is 6.44. The van der Waals surface area contributed by atoms with Crippen LogP contribution in [0.2, 0.25) is 0 Å². The fourth-order valence-corrected chi connectivity index (χ4v) is 1.76. The Morgan fingerprint density at radius 3 is 2.29 bits per heavy atom. The van der Waals surface area contributed by atoms with Gasteiger partial charge < -0.3 is 15.2 Å². The van der Waals surface area contributed by atoms with Crippen LogP contribution in [0.3, 0.4) is 0 Å². The van der Waals surface area contributed by atoms with Crippen LogP contribution in [0.5, 0.6) is 11.5 Å². The molecule has 0 saturated carbocycles. The van der Waals surface area contributed by atoms with Crippen molar-refractivity contribution in [3.63, 3.8) is 0 Å². The van der Waals surface area contributed by atoms with Crippen molar-refractivity contribution in [2.45, 2.75) is 6.36 Å². The lowest BCUT2D eigenvalue weighted by molar-refractivity contribution is -0.385. The Hall–Kier alpha value is -3.30. The first-order valence-electron chi connectivity index (χ1n) is 6.30. The average Bonchev–Trinajstić information content (AvgIpc) is 2.47. The van der Waals surface area contributed by atoms with Gasteiger partial charge in [-0.1, -0.05) is 0 Å². The molecule has 10 heteroatoms. The largest absolute Gasteiger partial charge is 0.573 e. The first-order valence-corrected chi connectivity index (χ1v) is 6.30. The number of anilines is 1. The van der Waals surface area contributed by atoms with Gasteiger partial charge in [-0.15, -0.1) is 13.2 Å². The first kappa shape index (κ1) is 17.1. The Morgan fingerprint density at radius 1 is 1.17 bits per heavy atom. The van der Waals surface area contributed by atoms with E-state index in [4.69, 9.17) is 0 Å². The van der Waals surface area contributed by atoms with Crippen molar-refractivity contribution < 1.29 is 32.7 Å². The maximum atomic E-state index is 12.0.